The monoisotopic (exact) mass is 226 g/mol. The van der Waals surface area contributed by atoms with Gasteiger partial charge in [-0.05, 0) is 38.1 Å². The Labute approximate surface area is 102 Å². The quantitative estimate of drug-likeness (QED) is 0.655. The van der Waals surface area contributed by atoms with Crippen molar-refractivity contribution in [3.8, 4) is 0 Å². The van der Waals surface area contributed by atoms with Crippen LogP contribution >= 0.6 is 0 Å². The Bertz CT molecular complexity index is 183. The molecule has 1 atom stereocenters. The van der Waals surface area contributed by atoms with E-state index in [0.717, 1.165) is 19.0 Å². The second-order valence-corrected chi connectivity index (χ2v) is 5.37. The highest BCUT2D eigenvalue weighted by molar-refractivity contribution is 4.92. The second kappa shape index (κ2) is 6.61. The molecule has 1 rings (SSSR count). The molecule has 0 saturated heterocycles. The fraction of sp³-hybridized carbons (Fsp3) is 1.00. The number of hydrogen-bond donors (Lipinski definition) is 1. The van der Waals surface area contributed by atoms with Gasteiger partial charge in [0.15, 0.2) is 0 Å². The van der Waals surface area contributed by atoms with Crippen LogP contribution in [0.4, 0.5) is 0 Å². The van der Waals surface area contributed by atoms with Crippen LogP contribution in [0.2, 0.25) is 0 Å². The van der Waals surface area contributed by atoms with E-state index in [4.69, 9.17) is 5.73 Å². The number of nitrogens with two attached hydrogens (primary N) is 1. The van der Waals surface area contributed by atoms with Crippen molar-refractivity contribution in [2.24, 2.45) is 11.7 Å². The number of rotatable bonds is 9. The van der Waals surface area contributed by atoms with Crippen molar-refractivity contribution in [3.05, 3.63) is 0 Å². The molecule has 0 radical (unpaired) electrons. The Morgan fingerprint density at radius 1 is 1.25 bits per heavy atom. The van der Waals surface area contributed by atoms with Crippen LogP contribution in [-0.4, -0.2) is 30.1 Å². The largest absolute Gasteiger partial charge is 0.329 e. The number of hydrogen-bond acceptors (Lipinski definition) is 2. The maximum atomic E-state index is 6.09. The summed E-state index contributed by atoms with van der Waals surface area (Å²) >= 11 is 0. The summed E-state index contributed by atoms with van der Waals surface area (Å²) in [7, 11) is 0. The van der Waals surface area contributed by atoms with E-state index in [9.17, 15) is 0 Å². The predicted molar refractivity (Wildman–Crippen MR) is 71.6 cm³/mol. The predicted octanol–water partition coefficient (Wildman–Crippen LogP) is 3.02. The molecule has 1 aliphatic carbocycles. The third-order valence-corrected chi connectivity index (χ3v) is 4.26. The summed E-state index contributed by atoms with van der Waals surface area (Å²) in [5, 5.41) is 0. The van der Waals surface area contributed by atoms with Gasteiger partial charge in [-0.2, -0.15) is 0 Å². The molecule has 0 amide bonds. The van der Waals surface area contributed by atoms with Crippen LogP contribution in [0.1, 0.15) is 59.3 Å². The summed E-state index contributed by atoms with van der Waals surface area (Å²) in [5.41, 5.74) is 6.38. The van der Waals surface area contributed by atoms with E-state index in [0.29, 0.717) is 0 Å². The van der Waals surface area contributed by atoms with Crippen LogP contribution in [0.25, 0.3) is 0 Å². The van der Waals surface area contributed by atoms with E-state index in [1.54, 1.807) is 0 Å². The lowest BCUT2D eigenvalue weighted by Gasteiger charge is -2.43. The van der Waals surface area contributed by atoms with Crippen LogP contribution in [-0.2, 0) is 0 Å². The fourth-order valence-electron chi connectivity index (χ4n) is 2.71. The average molecular weight is 226 g/mol. The summed E-state index contributed by atoms with van der Waals surface area (Å²) in [6.07, 6.45) is 7.94. The first-order valence-corrected chi connectivity index (χ1v) is 7.17. The number of likely N-dealkylation sites (N-methyl/N-ethyl adjacent to an activating group) is 1. The molecule has 0 aromatic carbocycles. The van der Waals surface area contributed by atoms with Gasteiger partial charge in [0.1, 0.15) is 0 Å². The molecule has 0 spiro atoms. The molecule has 1 fully saturated rings. The van der Waals surface area contributed by atoms with Gasteiger partial charge in [-0.1, -0.05) is 33.6 Å². The van der Waals surface area contributed by atoms with E-state index in [1.807, 2.05) is 0 Å². The average Bonchev–Trinajstić information content (AvgIpc) is 3.13. The smallest absolute Gasteiger partial charge is 0.0329 e. The standard InChI is InChI=1S/C14H30N2/c1-4-7-10-14(5-2,12-15)16(6-3)11-13-8-9-13/h13H,4-12,15H2,1-3H3. The van der Waals surface area contributed by atoms with Gasteiger partial charge >= 0.3 is 0 Å². The first-order chi connectivity index (χ1) is 7.72. The summed E-state index contributed by atoms with van der Waals surface area (Å²) in [4.78, 5) is 2.67. The van der Waals surface area contributed by atoms with Gasteiger partial charge < -0.3 is 5.73 Å². The van der Waals surface area contributed by atoms with Gasteiger partial charge in [0, 0.05) is 18.6 Å². The molecule has 0 aromatic rings. The topological polar surface area (TPSA) is 29.3 Å². The minimum absolute atomic E-state index is 0.285. The maximum Gasteiger partial charge on any atom is 0.0329 e. The molecule has 16 heavy (non-hydrogen) atoms. The van der Waals surface area contributed by atoms with E-state index in [2.05, 4.69) is 25.7 Å². The van der Waals surface area contributed by atoms with Crippen LogP contribution in [0.15, 0.2) is 0 Å². The molecule has 2 N–H and O–H groups in total. The van der Waals surface area contributed by atoms with Crippen LogP contribution < -0.4 is 5.73 Å². The number of nitrogens with zero attached hydrogens (tertiary/aromatic N) is 1. The lowest BCUT2D eigenvalue weighted by molar-refractivity contribution is 0.0787. The summed E-state index contributed by atoms with van der Waals surface area (Å²) in [6, 6.07) is 0. The molecule has 1 aliphatic rings. The van der Waals surface area contributed by atoms with Gasteiger partial charge in [0.05, 0.1) is 0 Å². The van der Waals surface area contributed by atoms with Gasteiger partial charge in [0.2, 0.25) is 0 Å². The first kappa shape index (κ1) is 14.0. The SMILES string of the molecule is CCCCC(CC)(CN)N(CC)CC1CC1. The van der Waals surface area contributed by atoms with Crippen molar-refractivity contribution < 1.29 is 0 Å². The zero-order chi connectivity index (χ0) is 12.0. The summed E-state index contributed by atoms with van der Waals surface area (Å²) in [5.74, 6) is 0.971. The third kappa shape index (κ3) is 3.46. The van der Waals surface area contributed by atoms with Crippen molar-refractivity contribution >= 4 is 0 Å². The number of unbranched alkanes of at least 4 members (excludes halogenated alkanes) is 1. The molecule has 0 heterocycles. The van der Waals surface area contributed by atoms with E-state index >= 15 is 0 Å². The molecule has 1 unspecified atom stereocenters. The molecular formula is C14H30N2. The summed E-state index contributed by atoms with van der Waals surface area (Å²) in [6.45, 7) is 10.1. The van der Waals surface area contributed by atoms with Crippen LogP contribution in [0, 0.1) is 5.92 Å². The first-order valence-electron chi connectivity index (χ1n) is 7.17. The van der Waals surface area contributed by atoms with Crippen molar-refractivity contribution in [1.82, 2.24) is 4.90 Å². The Hall–Kier alpha value is -0.0800. The Morgan fingerprint density at radius 3 is 2.31 bits per heavy atom. The summed E-state index contributed by atoms with van der Waals surface area (Å²) < 4.78 is 0. The Morgan fingerprint density at radius 2 is 1.94 bits per heavy atom. The van der Waals surface area contributed by atoms with Gasteiger partial charge in [-0.3, -0.25) is 4.90 Å². The molecular weight excluding hydrogens is 196 g/mol. The highest BCUT2D eigenvalue weighted by Crippen LogP contribution is 2.34. The molecule has 2 heteroatoms. The van der Waals surface area contributed by atoms with Crippen molar-refractivity contribution in [3.63, 3.8) is 0 Å². The van der Waals surface area contributed by atoms with E-state index in [1.165, 1.54) is 45.1 Å². The third-order valence-electron chi connectivity index (χ3n) is 4.26. The van der Waals surface area contributed by atoms with E-state index < -0.39 is 0 Å². The Balaban J connectivity index is 2.61. The minimum Gasteiger partial charge on any atom is -0.329 e. The highest BCUT2D eigenvalue weighted by Gasteiger charge is 2.35. The molecule has 0 aromatic heterocycles. The highest BCUT2D eigenvalue weighted by atomic mass is 15.2. The van der Waals surface area contributed by atoms with Crippen LogP contribution in [0.5, 0.6) is 0 Å². The molecule has 96 valence electrons. The van der Waals surface area contributed by atoms with Crippen molar-refractivity contribution in [1.29, 1.82) is 0 Å². The minimum atomic E-state index is 0.285. The lowest BCUT2D eigenvalue weighted by atomic mass is 9.87. The molecule has 0 bridgehead atoms. The van der Waals surface area contributed by atoms with Crippen molar-refractivity contribution in [2.75, 3.05) is 19.6 Å². The van der Waals surface area contributed by atoms with Crippen LogP contribution in [0.3, 0.4) is 0 Å². The second-order valence-electron chi connectivity index (χ2n) is 5.37. The Kier molecular flexibility index (Phi) is 5.77. The zero-order valence-corrected chi connectivity index (χ0v) is 11.5. The van der Waals surface area contributed by atoms with E-state index in [-0.39, 0.29) is 5.54 Å². The molecule has 2 nitrogen and oxygen atoms in total. The molecule has 1 saturated carbocycles. The lowest BCUT2D eigenvalue weighted by Crippen LogP contribution is -2.54. The molecule has 0 aliphatic heterocycles. The van der Waals surface area contributed by atoms with Gasteiger partial charge in [0.25, 0.3) is 0 Å². The van der Waals surface area contributed by atoms with Crippen molar-refractivity contribution in [2.45, 2.75) is 64.8 Å². The van der Waals surface area contributed by atoms with Gasteiger partial charge in [-0.25, -0.2) is 0 Å². The maximum absolute atomic E-state index is 6.09. The van der Waals surface area contributed by atoms with Gasteiger partial charge in [-0.15, -0.1) is 0 Å². The fourth-order valence-corrected chi connectivity index (χ4v) is 2.71. The normalized spacial score (nSPS) is 20.1. The zero-order valence-electron chi connectivity index (χ0n) is 11.5.